The fourth-order valence-corrected chi connectivity index (χ4v) is 4.04. The summed E-state index contributed by atoms with van der Waals surface area (Å²) in [5.74, 6) is 0.336. The number of anilines is 2. The van der Waals surface area contributed by atoms with Gasteiger partial charge < -0.3 is 14.6 Å². The number of hydrogen-bond acceptors (Lipinski definition) is 6. The molecular formula is C23H24N4O3S. The highest BCUT2D eigenvalue weighted by molar-refractivity contribution is 7.99. The first-order valence-corrected chi connectivity index (χ1v) is 11.1. The Morgan fingerprint density at radius 2 is 1.87 bits per heavy atom. The number of carbonyl (C=O) groups is 2. The van der Waals surface area contributed by atoms with Gasteiger partial charge in [-0.2, -0.15) is 0 Å². The molecule has 3 aromatic rings. The van der Waals surface area contributed by atoms with Gasteiger partial charge >= 0.3 is 0 Å². The first-order valence-electron chi connectivity index (χ1n) is 10.1. The van der Waals surface area contributed by atoms with E-state index in [1.165, 1.54) is 11.8 Å². The Labute approximate surface area is 185 Å². The fourth-order valence-electron chi connectivity index (χ4n) is 3.48. The third-order valence-electron chi connectivity index (χ3n) is 5.24. The van der Waals surface area contributed by atoms with Gasteiger partial charge in [0, 0.05) is 24.3 Å². The van der Waals surface area contributed by atoms with Crippen LogP contribution in [-0.2, 0) is 9.59 Å². The van der Waals surface area contributed by atoms with Crippen LogP contribution in [0.25, 0.3) is 0 Å². The molecule has 0 radical (unpaired) electrons. The van der Waals surface area contributed by atoms with Crippen LogP contribution in [0.1, 0.15) is 34.9 Å². The second-order valence-electron chi connectivity index (χ2n) is 7.80. The van der Waals surface area contributed by atoms with Crippen molar-refractivity contribution in [1.82, 2.24) is 10.2 Å². The van der Waals surface area contributed by atoms with Crippen LogP contribution in [-0.4, -0.2) is 34.3 Å². The third-order valence-corrected chi connectivity index (χ3v) is 6.05. The van der Waals surface area contributed by atoms with Crippen LogP contribution >= 0.6 is 11.8 Å². The van der Waals surface area contributed by atoms with Crippen molar-refractivity contribution in [3.05, 3.63) is 65.0 Å². The zero-order chi connectivity index (χ0) is 22.0. The Morgan fingerprint density at radius 1 is 1.13 bits per heavy atom. The van der Waals surface area contributed by atoms with Gasteiger partial charge in [0.05, 0.1) is 11.7 Å². The van der Waals surface area contributed by atoms with Crippen molar-refractivity contribution in [2.75, 3.05) is 22.5 Å². The average molecular weight is 437 g/mol. The first-order chi connectivity index (χ1) is 14.9. The summed E-state index contributed by atoms with van der Waals surface area (Å²) in [5.41, 5.74) is 4.91. The smallest absolute Gasteiger partial charge is 0.277 e. The van der Waals surface area contributed by atoms with Gasteiger partial charge in [0.1, 0.15) is 0 Å². The number of nitrogens with zero attached hydrogens (tertiary/aromatic N) is 3. The number of hydrogen-bond donors (Lipinski definition) is 1. The second-order valence-corrected chi connectivity index (χ2v) is 8.73. The van der Waals surface area contributed by atoms with Gasteiger partial charge in [-0.1, -0.05) is 41.6 Å². The summed E-state index contributed by atoms with van der Waals surface area (Å²) in [7, 11) is 0. The summed E-state index contributed by atoms with van der Waals surface area (Å²) in [6, 6.07) is 13.8. The van der Waals surface area contributed by atoms with Gasteiger partial charge in [-0.05, 0) is 50.1 Å². The summed E-state index contributed by atoms with van der Waals surface area (Å²) in [6.45, 7) is 6.45. The molecule has 0 aliphatic carbocycles. The number of aromatic nitrogens is 2. The number of amides is 2. The minimum Gasteiger partial charge on any atom is -0.416 e. The van der Waals surface area contributed by atoms with E-state index in [9.17, 15) is 9.59 Å². The highest BCUT2D eigenvalue weighted by atomic mass is 32.2. The minimum absolute atomic E-state index is 0.0363. The predicted molar refractivity (Wildman–Crippen MR) is 120 cm³/mol. The number of nitrogens with one attached hydrogen (secondary N) is 1. The van der Waals surface area contributed by atoms with Crippen LogP contribution in [0.4, 0.5) is 11.4 Å². The minimum atomic E-state index is -0.153. The quantitative estimate of drug-likeness (QED) is 0.581. The number of rotatable bonds is 6. The van der Waals surface area contributed by atoms with E-state index >= 15 is 0 Å². The molecule has 2 heterocycles. The lowest BCUT2D eigenvalue weighted by atomic mass is 10.1. The van der Waals surface area contributed by atoms with E-state index in [2.05, 4.69) is 15.5 Å². The molecule has 4 rings (SSSR count). The van der Waals surface area contributed by atoms with E-state index in [0.29, 0.717) is 24.1 Å². The number of aryl methyl sites for hydroxylation is 3. The molecule has 1 aliphatic heterocycles. The molecule has 1 aromatic heterocycles. The molecule has 0 bridgehead atoms. The van der Waals surface area contributed by atoms with Crippen LogP contribution in [0.5, 0.6) is 0 Å². The van der Waals surface area contributed by atoms with Crippen LogP contribution in [0, 0.1) is 20.8 Å². The van der Waals surface area contributed by atoms with Crippen LogP contribution in [0.2, 0.25) is 0 Å². The molecule has 8 heteroatoms. The molecule has 1 saturated heterocycles. The van der Waals surface area contributed by atoms with E-state index in [0.717, 1.165) is 28.1 Å². The van der Waals surface area contributed by atoms with Crippen molar-refractivity contribution in [1.29, 1.82) is 0 Å². The zero-order valence-corrected chi connectivity index (χ0v) is 18.5. The van der Waals surface area contributed by atoms with Crippen molar-refractivity contribution in [2.24, 2.45) is 0 Å². The first kappa shape index (κ1) is 21.1. The zero-order valence-electron chi connectivity index (χ0n) is 17.7. The largest absolute Gasteiger partial charge is 0.416 e. The number of carbonyl (C=O) groups excluding carboxylic acids is 2. The Morgan fingerprint density at radius 3 is 2.65 bits per heavy atom. The molecule has 160 valence electrons. The summed E-state index contributed by atoms with van der Waals surface area (Å²) < 4.78 is 5.74. The van der Waals surface area contributed by atoms with E-state index in [4.69, 9.17) is 4.42 Å². The lowest BCUT2D eigenvalue weighted by Gasteiger charge is -2.16. The monoisotopic (exact) mass is 436 g/mol. The number of benzene rings is 2. The lowest BCUT2D eigenvalue weighted by Crippen LogP contribution is -2.24. The van der Waals surface area contributed by atoms with Crippen molar-refractivity contribution >= 4 is 35.0 Å². The Hall–Kier alpha value is -3.13. The van der Waals surface area contributed by atoms with Gasteiger partial charge in [0.15, 0.2) is 0 Å². The van der Waals surface area contributed by atoms with E-state index in [1.807, 2.05) is 63.2 Å². The predicted octanol–water partition coefficient (Wildman–Crippen LogP) is 4.25. The average Bonchev–Trinajstić information content (AvgIpc) is 3.36. The molecule has 1 aliphatic rings. The Balaban J connectivity index is 1.34. The molecule has 1 atom stereocenters. The molecule has 31 heavy (non-hydrogen) atoms. The van der Waals surface area contributed by atoms with E-state index in [-0.39, 0.29) is 23.5 Å². The molecule has 1 fully saturated rings. The lowest BCUT2D eigenvalue weighted by molar-refractivity contribution is -0.117. The maximum Gasteiger partial charge on any atom is 0.277 e. The SMILES string of the molecule is Cc1ccc(N2C[C@@H](c3nnc(SCC(=O)Nc4cc(C)ccc4C)o3)CC2=O)cc1. The maximum atomic E-state index is 12.5. The van der Waals surface area contributed by atoms with Crippen molar-refractivity contribution < 1.29 is 14.0 Å². The third kappa shape index (κ3) is 4.96. The highest BCUT2D eigenvalue weighted by Crippen LogP contribution is 2.32. The van der Waals surface area contributed by atoms with Gasteiger partial charge in [0.25, 0.3) is 5.22 Å². The Bertz CT molecular complexity index is 1110. The van der Waals surface area contributed by atoms with Gasteiger partial charge in [-0.25, -0.2) is 0 Å². The van der Waals surface area contributed by atoms with Crippen molar-refractivity contribution in [2.45, 2.75) is 38.3 Å². The highest BCUT2D eigenvalue weighted by Gasteiger charge is 2.35. The Kier molecular flexibility index (Phi) is 6.08. The van der Waals surface area contributed by atoms with Crippen LogP contribution < -0.4 is 10.2 Å². The molecule has 7 nitrogen and oxygen atoms in total. The number of thioether (sulfide) groups is 1. The van der Waals surface area contributed by atoms with Crippen molar-refractivity contribution in [3.8, 4) is 0 Å². The van der Waals surface area contributed by atoms with Crippen molar-refractivity contribution in [3.63, 3.8) is 0 Å². The van der Waals surface area contributed by atoms with Gasteiger partial charge in [0.2, 0.25) is 17.7 Å². The second kappa shape index (κ2) is 8.93. The van der Waals surface area contributed by atoms with Gasteiger partial charge in [-0.3, -0.25) is 9.59 Å². The molecular weight excluding hydrogens is 412 g/mol. The van der Waals surface area contributed by atoms with E-state index in [1.54, 1.807) is 4.90 Å². The fraction of sp³-hybridized carbons (Fsp3) is 0.304. The normalized spacial score (nSPS) is 16.0. The molecule has 0 unspecified atom stereocenters. The molecule has 0 spiro atoms. The molecule has 0 saturated carbocycles. The molecule has 1 N–H and O–H groups in total. The summed E-state index contributed by atoms with van der Waals surface area (Å²) >= 11 is 1.19. The summed E-state index contributed by atoms with van der Waals surface area (Å²) in [4.78, 5) is 26.5. The molecule has 2 amide bonds. The van der Waals surface area contributed by atoms with Crippen LogP contribution in [0.3, 0.4) is 0 Å². The maximum absolute atomic E-state index is 12.5. The standard InChI is InChI=1S/C23H24N4O3S/c1-14-5-8-18(9-6-14)27-12-17(11-21(27)29)22-25-26-23(30-22)31-13-20(28)24-19-10-15(2)4-7-16(19)3/h4-10,17H,11-13H2,1-3H3,(H,24,28)/t17-/m0/s1. The summed E-state index contributed by atoms with van der Waals surface area (Å²) in [6.07, 6.45) is 0.327. The van der Waals surface area contributed by atoms with Crippen LogP contribution in [0.15, 0.2) is 52.1 Å². The summed E-state index contributed by atoms with van der Waals surface area (Å²) in [5, 5.41) is 11.4. The topological polar surface area (TPSA) is 88.3 Å². The molecule has 2 aromatic carbocycles. The van der Waals surface area contributed by atoms with E-state index < -0.39 is 0 Å². The van der Waals surface area contributed by atoms with Gasteiger partial charge in [-0.15, -0.1) is 10.2 Å².